The van der Waals surface area contributed by atoms with Crippen molar-refractivity contribution in [2.24, 2.45) is 7.05 Å². The molecule has 1 saturated heterocycles. The third kappa shape index (κ3) is 4.62. The van der Waals surface area contributed by atoms with Gasteiger partial charge in [0.2, 0.25) is 0 Å². The van der Waals surface area contributed by atoms with Crippen LogP contribution < -0.4 is 15.4 Å². The number of fused-ring (bicyclic) bond motifs is 1. The summed E-state index contributed by atoms with van der Waals surface area (Å²) >= 11 is 0. The van der Waals surface area contributed by atoms with E-state index in [1.165, 1.54) is 30.6 Å². The van der Waals surface area contributed by atoms with Gasteiger partial charge in [-0.05, 0) is 49.7 Å². The van der Waals surface area contributed by atoms with E-state index in [0.717, 1.165) is 25.9 Å². The number of carbonyl (C=O) groups is 1. The van der Waals surface area contributed by atoms with Gasteiger partial charge in [-0.25, -0.2) is 9.97 Å². The minimum Gasteiger partial charge on any atom is -0.406 e. The first-order chi connectivity index (χ1) is 15.2. The Morgan fingerprint density at radius 2 is 2.00 bits per heavy atom. The summed E-state index contributed by atoms with van der Waals surface area (Å²) in [5.41, 5.74) is 1.52. The molecule has 8 nitrogen and oxygen atoms in total. The lowest BCUT2D eigenvalue weighted by Crippen LogP contribution is -2.44. The highest BCUT2D eigenvalue weighted by Gasteiger charge is 2.31. The van der Waals surface area contributed by atoms with Gasteiger partial charge >= 0.3 is 6.36 Å². The number of nitrogens with zero attached hydrogens (tertiary/aromatic N) is 4. The van der Waals surface area contributed by atoms with Crippen LogP contribution in [0.2, 0.25) is 0 Å². The second-order valence-corrected chi connectivity index (χ2v) is 7.51. The molecular weight excluding hydrogens is 425 g/mol. The van der Waals surface area contributed by atoms with Crippen molar-refractivity contribution in [2.75, 3.05) is 18.4 Å². The van der Waals surface area contributed by atoms with Crippen LogP contribution in [0.1, 0.15) is 30.3 Å². The van der Waals surface area contributed by atoms with E-state index in [2.05, 4.69) is 37.2 Å². The molecule has 2 aromatic heterocycles. The van der Waals surface area contributed by atoms with Gasteiger partial charge in [0.1, 0.15) is 29.2 Å². The molecule has 0 bridgehead atoms. The van der Waals surface area contributed by atoms with Crippen LogP contribution >= 0.6 is 0 Å². The highest BCUT2D eigenvalue weighted by Crippen LogP contribution is 2.28. The number of likely N-dealkylation sites (tertiary alicyclic amines) is 1. The van der Waals surface area contributed by atoms with E-state index in [-0.39, 0.29) is 17.8 Å². The number of ether oxygens (including phenoxy) is 1. The minimum absolute atomic E-state index is 0.00613. The van der Waals surface area contributed by atoms with Gasteiger partial charge in [-0.15, -0.1) is 13.2 Å². The van der Waals surface area contributed by atoms with Crippen molar-refractivity contribution in [3.63, 3.8) is 0 Å². The van der Waals surface area contributed by atoms with Crippen LogP contribution in [0.3, 0.4) is 0 Å². The van der Waals surface area contributed by atoms with Crippen LogP contribution in [0, 0.1) is 0 Å². The first-order valence-corrected chi connectivity index (χ1v) is 10.2. The van der Waals surface area contributed by atoms with Crippen molar-refractivity contribution in [1.29, 1.82) is 0 Å². The molecule has 1 aromatic carbocycles. The molecule has 0 aliphatic carbocycles. The Morgan fingerprint density at radius 3 is 2.69 bits per heavy atom. The van der Waals surface area contributed by atoms with Crippen molar-refractivity contribution < 1.29 is 22.7 Å². The smallest absolute Gasteiger partial charge is 0.406 e. The lowest BCUT2D eigenvalue weighted by Gasteiger charge is -2.23. The predicted octanol–water partition coefficient (Wildman–Crippen LogP) is 3.78. The number of hydrogen-bond donors (Lipinski definition) is 2. The van der Waals surface area contributed by atoms with E-state index in [4.69, 9.17) is 0 Å². The van der Waals surface area contributed by atoms with Crippen molar-refractivity contribution in [3.8, 4) is 5.75 Å². The maximum Gasteiger partial charge on any atom is 0.573 e. The van der Waals surface area contributed by atoms with Gasteiger partial charge in [0.25, 0.3) is 5.91 Å². The lowest BCUT2D eigenvalue weighted by atomic mass is 10.2. The lowest BCUT2D eigenvalue weighted by molar-refractivity contribution is -0.274. The monoisotopic (exact) mass is 448 g/mol. The van der Waals surface area contributed by atoms with Crippen LogP contribution in [0.15, 0.2) is 36.7 Å². The zero-order chi connectivity index (χ0) is 22.9. The third-order valence-corrected chi connectivity index (χ3v) is 5.47. The average Bonchev–Trinajstić information content (AvgIpc) is 3.33. The van der Waals surface area contributed by atoms with E-state index in [1.807, 2.05) is 0 Å². The normalized spacial score (nSPS) is 17.0. The Balaban J connectivity index is 1.56. The van der Waals surface area contributed by atoms with Gasteiger partial charge in [0, 0.05) is 19.3 Å². The molecule has 11 heteroatoms. The van der Waals surface area contributed by atoms with Crippen molar-refractivity contribution >= 4 is 28.4 Å². The largest absolute Gasteiger partial charge is 0.573 e. The number of halogens is 3. The van der Waals surface area contributed by atoms with Gasteiger partial charge in [-0.1, -0.05) is 6.92 Å². The molecule has 0 radical (unpaired) electrons. The van der Waals surface area contributed by atoms with Crippen LogP contribution in [-0.2, 0) is 7.05 Å². The maximum absolute atomic E-state index is 12.9. The molecule has 2 N–H and O–H groups in total. The molecule has 170 valence electrons. The maximum atomic E-state index is 12.9. The van der Waals surface area contributed by atoms with Crippen molar-refractivity contribution in [3.05, 3.63) is 42.4 Å². The molecular formula is C21H23F3N6O2. The van der Waals surface area contributed by atoms with Crippen molar-refractivity contribution in [1.82, 2.24) is 24.8 Å². The first-order valence-electron chi connectivity index (χ1n) is 10.2. The molecule has 1 atom stereocenters. The van der Waals surface area contributed by atoms with Gasteiger partial charge < -0.3 is 19.9 Å². The summed E-state index contributed by atoms with van der Waals surface area (Å²) in [6.45, 7) is 3.89. The number of benzene rings is 1. The zero-order valence-electron chi connectivity index (χ0n) is 17.6. The number of aromatic nitrogens is 3. The van der Waals surface area contributed by atoms with Crippen LogP contribution in [0.5, 0.6) is 5.75 Å². The minimum atomic E-state index is -4.75. The van der Waals surface area contributed by atoms with Crippen LogP contribution in [-0.4, -0.2) is 51.0 Å². The Hall–Kier alpha value is -3.34. The Labute approximate surface area is 182 Å². The fourth-order valence-corrected chi connectivity index (χ4v) is 3.92. The Kier molecular flexibility index (Phi) is 5.92. The summed E-state index contributed by atoms with van der Waals surface area (Å²) in [4.78, 5) is 23.7. The SMILES string of the molecule is CCN1CCCC1NC(=O)c1cc2c(Nc3ccc(OC(F)(F)F)cc3)ncnc2n1C. The van der Waals surface area contributed by atoms with Crippen LogP contribution in [0.4, 0.5) is 24.7 Å². The van der Waals surface area contributed by atoms with Gasteiger partial charge in [-0.2, -0.15) is 0 Å². The predicted molar refractivity (Wildman–Crippen MR) is 113 cm³/mol. The number of amides is 1. The number of alkyl halides is 3. The van der Waals surface area contributed by atoms with E-state index in [0.29, 0.717) is 28.2 Å². The van der Waals surface area contributed by atoms with E-state index < -0.39 is 6.36 Å². The van der Waals surface area contributed by atoms with E-state index in [9.17, 15) is 18.0 Å². The molecule has 1 amide bonds. The Morgan fingerprint density at radius 1 is 1.25 bits per heavy atom. The summed E-state index contributed by atoms with van der Waals surface area (Å²) in [7, 11) is 1.75. The molecule has 3 heterocycles. The molecule has 1 aliphatic rings. The molecule has 32 heavy (non-hydrogen) atoms. The van der Waals surface area contributed by atoms with E-state index in [1.54, 1.807) is 17.7 Å². The average molecular weight is 448 g/mol. The van der Waals surface area contributed by atoms with Gasteiger partial charge in [-0.3, -0.25) is 9.69 Å². The molecule has 4 rings (SSSR count). The number of anilines is 2. The number of carbonyl (C=O) groups excluding carboxylic acids is 1. The highest BCUT2D eigenvalue weighted by atomic mass is 19.4. The van der Waals surface area contributed by atoms with Crippen molar-refractivity contribution in [2.45, 2.75) is 32.3 Å². The number of aryl methyl sites for hydroxylation is 1. The second kappa shape index (κ2) is 8.65. The molecule has 0 saturated carbocycles. The topological polar surface area (TPSA) is 84.3 Å². The fourth-order valence-electron chi connectivity index (χ4n) is 3.92. The number of hydrogen-bond acceptors (Lipinski definition) is 6. The molecule has 1 aliphatic heterocycles. The highest BCUT2D eigenvalue weighted by molar-refractivity contribution is 6.01. The fraction of sp³-hybridized carbons (Fsp3) is 0.381. The quantitative estimate of drug-likeness (QED) is 0.597. The standard InChI is InChI=1S/C21H23F3N6O2/c1-3-30-10-4-5-17(30)28-20(31)16-11-15-18(25-12-26-19(15)29(16)2)27-13-6-8-14(9-7-13)32-21(22,23)24/h6-9,11-12,17H,3-5,10H2,1-2H3,(H,28,31)(H,25,26,27). The first kappa shape index (κ1) is 21.9. The summed E-state index contributed by atoms with van der Waals surface area (Å²) in [5, 5.41) is 6.77. The molecule has 0 spiro atoms. The molecule has 1 unspecified atom stereocenters. The second-order valence-electron chi connectivity index (χ2n) is 7.51. The van der Waals surface area contributed by atoms with E-state index >= 15 is 0 Å². The Bertz CT molecular complexity index is 1110. The number of rotatable bonds is 6. The molecule has 1 fully saturated rings. The summed E-state index contributed by atoms with van der Waals surface area (Å²) < 4.78 is 42.6. The summed E-state index contributed by atoms with van der Waals surface area (Å²) in [6, 6.07) is 7.02. The molecule has 3 aromatic rings. The third-order valence-electron chi connectivity index (χ3n) is 5.47. The van der Waals surface area contributed by atoms with Gasteiger partial charge in [0.05, 0.1) is 11.6 Å². The van der Waals surface area contributed by atoms with Crippen LogP contribution in [0.25, 0.3) is 11.0 Å². The zero-order valence-corrected chi connectivity index (χ0v) is 17.6. The van der Waals surface area contributed by atoms with Gasteiger partial charge in [0.15, 0.2) is 0 Å². The number of nitrogens with one attached hydrogen (secondary N) is 2. The summed E-state index contributed by atoms with van der Waals surface area (Å²) in [6.07, 6.45) is -1.43. The summed E-state index contributed by atoms with van der Waals surface area (Å²) in [5.74, 6) is -0.0803.